The number of ether oxygens (including phenoxy) is 2. The van der Waals surface area contributed by atoms with Gasteiger partial charge < -0.3 is 14.0 Å². The van der Waals surface area contributed by atoms with Gasteiger partial charge in [0, 0.05) is 0 Å². The normalized spacial score (nSPS) is 11.9. The van der Waals surface area contributed by atoms with Crippen LogP contribution in [0.3, 0.4) is 0 Å². The van der Waals surface area contributed by atoms with E-state index in [-0.39, 0.29) is 47.7 Å². The molecule has 0 heterocycles. The average Bonchev–Trinajstić information content (AvgIpc) is 2.86. The van der Waals surface area contributed by atoms with Crippen molar-refractivity contribution in [2.24, 2.45) is 5.14 Å². The van der Waals surface area contributed by atoms with Crippen LogP contribution in [-0.2, 0) is 39.2 Å². The van der Waals surface area contributed by atoms with Crippen molar-refractivity contribution >= 4 is 32.1 Å². The first kappa shape index (κ1) is 40.1. The standard InChI is InChI=1S/C20H38O7S.C6H7NO2S.Na/c1-3-5-7-9-11-13-15-26-19(21)17-18(28(23,24)25)20(22)27-16-14-12-10-8-6-4-2;7-10(8,9)6-4-2-1-3-5-6;/h18H,3-17H2,1-2H3,(H,23,24,25);1-5H,(H2,7,8,9);/q;;+1/p-1. The Morgan fingerprint density at radius 2 is 1.21 bits per heavy atom. The van der Waals surface area contributed by atoms with E-state index < -0.39 is 43.8 Å². The second-order valence-electron chi connectivity index (χ2n) is 8.97. The van der Waals surface area contributed by atoms with Crippen LogP contribution in [-0.4, -0.2) is 51.8 Å². The summed E-state index contributed by atoms with van der Waals surface area (Å²) in [6, 6.07) is 7.89. The van der Waals surface area contributed by atoms with Gasteiger partial charge in [0.05, 0.1) is 24.5 Å². The maximum absolute atomic E-state index is 11.9. The van der Waals surface area contributed by atoms with Gasteiger partial charge in [-0.1, -0.05) is 96.3 Å². The number of unbranched alkanes of at least 4 members (excludes halogenated alkanes) is 10. The molecule has 1 atom stereocenters. The third-order valence-electron chi connectivity index (χ3n) is 5.54. The van der Waals surface area contributed by atoms with Crippen LogP contribution in [0.4, 0.5) is 0 Å². The zero-order valence-electron chi connectivity index (χ0n) is 23.6. The van der Waals surface area contributed by atoms with Crippen molar-refractivity contribution in [1.29, 1.82) is 0 Å². The Balaban J connectivity index is 0. The summed E-state index contributed by atoms with van der Waals surface area (Å²) in [5.74, 6) is -2.03. The fourth-order valence-electron chi connectivity index (χ4n) is 3.34. The van der Waals surface area contributed by atoms with Crippen LogP contribution in [0, 0.1) is 0 Å². The molecule has 0 radical (unpaired) electrons. The van der Waals surface area contributed by atoms with Crippen LogP contribution < -0.4 is 34.7 Å². The third-order valence-corrected chi connectivity index (χ3v) is 7.52. The van der Waals surface area contributed by atoms with Crippen molar-refractivity contribution in [1.82, 2.24) is 0 Å². The molecule has 0 aliphatic carbocycles. The van der Waals surface area contributed by atoms with Gasteiger partial charge in [-0.2, -0.15) is 0 Å². The zero-order chi connectivity index (χ0) is 28.9. The molecule has 0 fully saturated rings. The molecule has 13 heteroatoms. The number of carbonyl (C=O) groups excluding carboxylic acids is 2. The predicted octanol–water partition coefficient (Wildman–Crippen LogP) is 1.44. The van der Waals surface area contributed by atoms with Gasteiger partial charge in [0.15, 0.2) is 5.25 Å². The van der Waals surface area contributed by atoms with Crippen LogP contribution in [0.25, 0.3) is 0 Å². The Labute approximate surface area is 256 Å². The van der Waals surface area contributed by atoms with Gasteiger partial charge in [0.25, 0.3) is 0 Å². The first-order chi connectivity index (χ1) is 17.9. The van der Waals surface area contributed by atoms with E-state index in [4.69, 9.17) is 14.6 Å². The van der Waals surface area contributed by atoms with Crippen molar-refractivity contribution < 1.29 is 70.0 Å². The topological polar surface area (TPSA) is 170 Å². The van der Waals surface area contributed by atoms with E-state index in [0.29, 0.717) is 12.8 Å². The number of rotatable bonds is 19. The molecule has 1 unspecified atom stereocenters. The Bertz CT molecular complexity index is 988. The second kappa shape index (κ2) is 23.7. The van der Waals surface area contributed by atoms with Gasteiger partial charge in [0.2, 0.25) is 10.0 Å². The summed E-state index contributed by atoms with van der Waals surface area (Å²) in [5.41, 5.74) is 0. The molecule has 0 aromatic heterocycles. The Morgan fingerprint density at radius 3 is 1.62 bits per heavy atom. The van der Waals surface area contributed by atoms with Crippen molar-refractivity contribution in [3.05, 3.63) is 30.3 Å². The minimum Gasteiger partial charge on any atom is -0.747 e. The summed E-state index contributed by atoms with van der Waals surface area (Å²) in [5, 5.41) is 2.79. The average molecular weight is 602 g/mol. The van der Waals surface area contributed by atoms with Gasteiger partial charge >= 0.3 is 41.5 Å². The van der Waals surface area contributed by atoms with Gasteiger partial charge in [-0.3, -0.25) is 9.59 Å². The Kier molecular flexibility index (Phi) is 24.3. The Hall–Kier alpha value is -1.02. The smallest absolute Gasteiger partial charge is 0.747 e. The number of hydrogen-bond acceptors (Lipinski definition) is 9. The monoisotopic (exact) mass is 601 g/mol. The number of esters is 2. The molecule has 0 saturated heterocycles. The van der Waals surface area contributed by atoms with Crippen molar-refractivity contribution in [2.45, 2.75) is 107 Å². The van der Waals surface area contributed by atoms with E-state index in [1.165, 1.54) is 18.6 Å². The summed E-state index contributed by atoms with van der Waals surface area (Å²) in [6.07, 6.45) is 11.2. The van der Waals surface area contributed by atoms with Crippen LogP contribution in [0.5, 0.6) is 0 Å². The summed E-state index contributed by atoms with van der Waals surface area (Å²) >= 11 is 0. The quantitative estimate of drug-likeness (QED) is 0.107. The molecule has 0 aliphatic rings. The van der Waals surface area contributed by atoms with E-state index in [2.05, 4.69) is 13.8 Å². The molecule has 0 aliphatic heterocycles. The maximum Gasteiger partial charge on any atom is 1.00 e. The summed E-state index contributed by atoms with van der Waals surface area (Å²) in [6.45, 7) is 4.44. The molecular formula is C26H44NNaO9S2. The second-order valence-corrected chi connectivity index (χ2v) is 12.1. The minimum atomic E-state index is -4.98. The van der Waals surface area contributed by atoms with E-state index in [1.807, 2.05) is 0 Å². The van der Waals surface area contributed by atoms with Crippen LogP contribution in [0.2, 0.25) is 0 Å². The van der Waals surface area contributed by atoms with E-state index in [0.717, 1.165) is 57.8 Å². The van der Waals surface area contributed by atoms with Crippen molar-refractivity contribution in [2.75, 3.05) is 13.2 Å². The molecule has 0 spiro atoms. The first-order valence-corrected chi connectivity index (χ1v) is 16.3. The van der Waals surface area contributed by atoms with E-state index in [1.54, 1.807) is 18.2 Å². The van der Waals surface area contributed by atoms with Crippen molar-refractivity contribution in [3.63, 3.8) is 0 Å². The third kappa shape index (κ3) is 22.4. The summed E-state index contributed by atoms with van der Waals surface area (Å²) < 4.78 is 65.1. The zero-order valence-corrected chi connectivity index (χ0v) is 27.3. The molecule has 0 bridgehead atoms. The molecule has 2 N–H and O–H groups in total. The number of benzene rings is 1. The van der Waals surface area contributed by atoms with Gasteiger partial charge in [-0.25, -0.2) is 22.0 Å². The fraction of sp³-hybridized carbons (Fsp3) is 0.692. The van der Waals surface area contributed by atoms with Crippen LogP contribution in [0.1, 0.15) is 97.3 Å². The maximum atomic E-state index is 11.9. The number of nitrogens with two attached hydrogens (primary N) is 1. The van der Waals surface area contributed by atoms with Gasteiger partial charge in [-0.05, 0) is 25.0 Å². The fourth-order valence-corrected chi connectivity index (χ4v) is 4.52. The minimum absolute atomic E-state index is 0. The summed E-state index contributed by atoms with van der Waals surface area (Å²) in [7, 11) is -8.49. The van der Waals surface area contributed by atoms with Gasteiger partial charge in [0.1, 0.15) is 10.1 Å². The van der Waals surface area contributed by atoms with E-state index >= 15 is 0 Å². The Morgan fingerprint density at radius 1 is 0.769 bits per heavy atom. The SMILES string of the molecule is CCCCCCCCOC(=O)CC(C(=O)OCCCCCCCC)S(=O)(=O)[O-].NS(=O)(=O)c1ccccc1.[Na+]. The molecule has 1 aromatic rings. The molecule has 1 aromatic carbocycles. The first-order valence-electron chi connectivity index (χ1n) is 13.3. The largest absolute Gasteiger partial charge is 1.00 e. The molecule has 220 valence electrons. The van der Waals surface area contributed by atoms with Crippen LogP contribution >= 0.6 is 0 Å². The van der Waals surface area contributed by atoms with Gasteiger partial charge in [-0.15, -0.1) is 0 Å². The van der Waals surface area contributed by atoms with Crippen LogP contribution in [0.15, 0.2) is 35.2 Å². The number of sulfonamides is 1. The molecule has 0 saturated carbocycles. The molecule has 39 heavy (non-hydrogen) atoms. The molecular weight excluding hydrogens is 557 g/mol. The number of primary sulfonamides is 1. The molecule has 10 nitrogen and oxygen atoms in total. The van der Waals surface area contributed by atoms with Crippen molar-refractivity contribution in [3.8, 4) is 0 Å². The summed E-state index contributed by atoms with van der Waals surface area (Å²) in [4.78, 5) is 23.9. The molecule has 0 amide bonds. The predicted molar refractivity (Wildman–Crippen MR) is 145 cm³/mol. The number of hydrogen-bond donors (Lipinski definition) is 1. The number of carbonyl (C=O) groups is 2. The molecule has 1 rings (SSSR count). The van der Waals surface area contributed by atoms with E-state index in [9.17, 15) is 31.0 Å².